The molecule has 8 nitrogen and oxygen atoms in total. The second kappa shape index (κ2) is 7.65. The lowest BCUT2D eigenvalue weighted by Crippen LogP contribution is -2.54. The molecule has 2 saturated heterocycles. The third-order valence-corrected chi connectivity index (χ3v) is 8.08. The van der Waals surface area contributed by atoms with Crippen LogP contribution in [0.5, 0.6) is 0 Å². The maximum Gasteiger partial charge on any atom is 0.325 e. The molecule has 3 rings (SSSR count). The number of urea groups is 1. The smallest absolute Gasteiger partial charge is 0.325 e. The third kappa shape index (κ3) is 3.90. The number of hydrogen-bond acceptors (Lipinski definition) is 5. The molecular weight excluding hydrogens is 382 g/mol. The van der Waals surface area contributed by atoms with E-state index < -0.39 is 21.4 Å². The molecule has 2 heterocycles. The summed E-state index contributed by atoms with van der Waals surface area (Å²) in [7, 11) is -3.14. The van der Waals surface area contributed by atoms with E-state index in [1.807, 2.05) is 20.8 Å². The fourth-order valence-corrected chi connectivity index (χ4v) is 6.46. The number of nitrogens with zero attached hydrogens (tertiary/aromatic N) is 2. The fraction of sp³-hybridized carbons (Fsp3) is 0.842. The summed E-state index contributed by atoms with van der Waals surface area (Å²) in [6.07, 6.45) is 3.77. The molecule has 1 spiro atoms. The summed E-state index contributed by atoms with van der Waals surface area (Å²) in [6, 6.07) is -0.904. The minimum atomic E-state index is -3.14. The zero-order chi connectivity index (χ0) is 20.7. The van der Waals surface area contributed by atoms with Crippen molar-refractivity contribution >= 4 is 27.7 Å². The van der Waals surface area contributed by atoms with Crippen LogP contribution in [0.4, 0.5) is 4.79 Å². The molecule has 0 aromatic rings. The summed E-state index contributed by atoms with van der Waals surface area (Å²) in [5, 5.41) is 2.86. The van der Waals surface area contributed by atoms with Crippen molar-refractivity contribution in [3.05, 3.63) is 0 Å². The number of hydrogen-bond donors (Lipinski definition) is 1. The van der Waals surface area contributed by atoms with Gasteiger partial charge >= 0.3 is 6.03 Å². The Labute approximate surface area is 166 Å². The molecule has 158 valence electrons. The highest BCUT2D eigenvalue weighted by molar-refractivity contribution is 7.91. The van der Waals surface area contributed by atoms with Gasteiger partial charge in [-0.05, 0) is 31.1 Å². The van der Waals surface area contributed by atoms with E-state index in [-0.39, 0.29) is 47.7 Å². The Hall–Kier alpha value is -1.64. The van der Waals surface area contributed by atoms with E-state index in [2.05, 4.69) is 5.32 Å². The fourth-order valence-electron chi connectivity index (χ4n) is 4.73. The number of carbonyl (C=O) groups is 3. The van der Waals surface area contributed by atoms with Gasteiger partial charge in [-0.3, -0.25) is 14.5 Å². The summed E-state index contributed by atoms with van der Waals surface area (Å²) < 4.78 is 23.7. The van der Waals surface area contributed by atoms with Crippen molar-refractivity contribution in [2.75, 3.05) is 24.6 Å². The first-order valence-electron chi connectivity index (χ1n) is 10.2. The average molecular weight is 414 g/mol. The third-order valence-electron chi connectivity index (χ3n) is 6.33. The van der Waals surface area contributed by atoms with Gasteiger partial charge in [0, 0.05) is 12.6 Å². The lowest BCUT2D eigenvalue weighted by Gasteiger charge is -2.37. The van der Waals surface area contributed by atoms with Gasteiger partial charge < -0.3 is 10.2 Å². The number of nitrogens with one attached hydrogen (secondary N) is 1. The van der Waals surface area contributed by atoms with Crippen LogP contribution < -0.4 is 5.32 Å². The van der Waals surface area contributed by atoms with Crippen LogP contribution in [-0.2, 0) is 19.4 Å². The molecular formula is C19H31N3O5S. The highest BCUT2D eigenvalue weighted by Gasteiger charge is 2.55. The Balaban J connectivity index is 1.76. The van der Waals surface area contributed by atoms with Crippen LogP contribution in [0.3, 0.4) is 0 Å². The van der Waals surface area contributed by atoms with Crippen LogP contribution in [0, 0.1) is 11.8 Å². The van der Waals surface area contributed by atoms with Crippen LogP contribution in [0.25, 0.3) is 0 Å². The predicted molar refractivity (Wildman–Crippen MR) is 104 cm³/mol. The van der Waals surface area contributed by atoms with Crippen LogP contribution in [0.2, 0.25) is 0 Å². The molecule has 1 N–H and O–H groups in total. The minimum absolute atomic E-state index is 0.0320. The largest absolute Gasteiger partial charge is 0.337 e. The average Bonchev–Trinajstić information content (AvgIpc) is 3.08. The van der Waals surface area contributed by atoms with Gasteiger partial charge in [-0.15, -0.1) is 0 Å². The molecule has 3 atom stereocenters. The minimum Gasteiger partial charge on any atom is -0.337 e. The summed E-state index contributed by atoms with van der Waals surface area (Å²) in [5.74, 6) is -0.471. The lowest BCUT2D eigenvalue weighted by atomic mass is 9.73. The molecule has 0 aromatic carbocycles. The Kier molecular flexibility index (Phi) is 5.76. The van der Waals surface area contributed by atoms with Gasteiger partial charge in [-0.25, -0.2) is 13.2 Å². The second-order valence-corrected chi connectivity index (χ2v) is 11.2. The highest BCUT2D eigenvalue weighted by atomic mass is 32.2. The van der Waals surface area contributed by atoms with Crippen molar-refractivity contribution < 1.29 is 22.8 Å². The first kappa shape index (κ1) is 21.1. The molecule has 3 aliphatic rings. The first-order chi connectivity index (χ1) is 13.1. The molecule has 2 aliphatic heterocycles. The summed E-state index contributed by atoms with van der Waals surface area (Å²) >= 11 is 0. The normalized spacial score (nSPS) is 32.2. The molecule has 3 fully saturated rings. The second-order valence-electron chi connectivity index (χ2n) is 8.94. The van der Waals surface area contributed by atoms with Crippen molar-refractivity contribution in [2.45, 2.75) is 64.5 Å². The summed E-state index contributed by atoms with van der Waals surface area (Å²) in [6.45, 7) is 5.95. The van der Waals surface area contributed by atoms with Crippen LogP contribution in [0.15, 0.2) is 0 Å². The van der Waals surface area contributed by atoms with Gasteiger partial charge in [-0.1, -0.05) is 33.6 Å². The van der Waals surface area contributed by atoms with Crippen molar-refractivity contribution in [2.24, 2.45) is 11.8 Å². The maximum atomic E-state index is 13.1. The summed E-state index contributed by atoms with van der Waals surface area (Å²) in [5.41, 5.74) is -0.894. The highest BCUT2D eigenvalue weighted by Crippen LogP contribution is 2.38. The molecule has 0 radical (unpaired) electrons. The standard InChI is InChI=1S/C19H31N3O5S/c1-13(2)10-21(15-7-9-28(26,27)12-15)16(23)11-22-17(24)19(20-18(22)25)8-5-4-6-14(19)3/h13-15H,4-12H2,1-3H3,(H,20,25)/t14-,15+,19-/m0/s1. The molecule has 1 aliphatic carbocycles. The SMILES string of the molecule is CC(C)CN(C(=O)CN1C(=O)N[C@]2(CCCC[C@@H]2C)C1=O)[C@@H]1CCS(=O)(=O)C1. The van der Waals surface area contributed by atoms with Crippen LogP contribution in [-0.4, -0.2) is 72.2 Å². The van der Waals surface area contributed by atoms with Crippen LogP contribution in [0.1, 0.15) is 52.9 Å². The monoisotopic (exact) mass is 413 g/mol. The van der Waals surface area contributed by atoms with E-state index >= 15 is 0 Å². The quantitative estimate of drug-likeness (QED) is 0.681. The Morgan fingerprint density at radius 3 is 2.57 bits per heavy atom. The van der Waals surface area contributed by atoms with Gasteiger partial charge in [0.1, 0.15) is 12.1 Å². The Bertz CT molecular complexity index is 766. The Morgan fingerprint density at radius 1 is 1.29 bits per heavy atom. The molecule has 0 unspecified atom stereocenters. The lowest BCUT2D eigenvalue weighted by molar-refractivity contribution is -0.141. The van der Waals surface area contributed by atoms with E-state index in [1.165, 1.54) is 0 Å². The predicted octanol–water partition coefficient (Wildman–Crippen LogP) is 1.16. The van der Waals surface area contributed by atoms with Crippen molar-refractivity contribution in [3.63, 3.8) is 0 Å². The molecule has 4 amide bonds. The molecule has 1 saturated carbocycles. The van der Waals surface area contributed by atoms with Crippen molar-refractivity contribution in [3.8, 4) is 0 Å². The zero-order valence-electron chi connectivity index (χ0n) is 16.9. The number of amides is 4. The number of carbonyl (C=O) groups excluding carboxylic acids is 3. The van der Waals surface area contributed by atoms with Gasteiger partial charge in [0.25, 0.3) is 5.91 Å². The van der Waals surface area contributed by atoms with E-state index in [1.54, 1.807) is 4.90 Å². The van der Waals surface area contributed by atoms with Crippen molar-refractivity contribution in [1.29, 1.82) is 0 Å². The molecule has 0 bridgehead atoms. The maximum absolute atomic E-state index is 13.1. The Morgan fingerprint density at radius 2 is 2.00 bits per heavy atom. The van der Waals surface area contributed by atoms with Crippen molar-refractivity contribution in [1.82, 2.24) is 15.1 Å². The zero-order valence-corrected chi connectivity index (χ0v) is 17.8. The molecule has 28 heavy (non-hydrogen) atoms. The molecule has 0 aromatic heterocycles. The van der Waals surface area contributed by atoms with E-state index in [4.69, 9.17) is 0 Å². The number of sulfone groups is 1. The number of rotatable bonds is 5. The van der Waals surface area contributed by atoms with Gasteiger partial charge in [-0.2, -0.15) is 0 Å². The van der Waals surface area contributed by atoms with E-state index in [0.29, 0.717) is 19.4 Å². The number of imide groups is 1. The molecule has 9 heteroatoms. The topological polar surface area (TPSA) is 104 Å². The van der Waals surface area contributed by atoms with E-state index in [0.717, 1.165) is 24.2 Å². The van der Waals surface area contributed by atoms with Gasteiger partial charge in [0.05, 0.1) is 11.5 Å². The first-order valence-corrected chi connectivity index (χ1v) is 12.0. The van der Waals surface area contributed by atoms with E-state index in [9.17, 15) is 22.8 Å². The van der Waals surface area contributed by atoms with Gasteiger partial charge in [0.2, 0.25) is 5.91 Å². The van der Waals surface area contributed by atoms with Crippen LogP contribution >= 0.6 is 0 Å². The summed E-state index contributed by atoms with van der Waals surface area (Å²) in [4.78, 5) is 41.2. The van der Waals surface area contributed by atoms with Gasteiger partial charge in [0.15, 0.2) is 9.84 Å².